The Kier molecular flexibility index (Phi) is 5.68. The van der Waals surface area contributed by atoms with E-state index in [2.05, 4.69) is 67.6 Å². The van der Waals surface area contributed by atoms with E-state index < -0.39 is 0 Å². The highest BCUT2D eigenvalue weighted by atomic mass is 14.6. The van der Waals surface area contributed by atoms with Crippen molar-refractivity contribution in [2.45, 2.75) is 64.7 Å². The average Bonchev–Trinajstić information content (AvgIpc) is 2.80. The van der Waals surface area contributed by atoms with E-state index in [4.69, 9.17) is 5.73 Å². The predicted molar refractivity (Wildman–Crippen MR) is 138 cm³/mol. The summed E-state index contributed by atoms with van der Waals surface area (Å²) in [4.78, 5) is 0. The predicted octanol–water partition coefficient (Wildman–Crippen LogP) is 9.00. The van der Waals surface area contributed by atoms with E-state index in [1.807, 2.05) is 0 Å². The lowest BCUT2D eigenvalue weighted by molar-refractivity contribution is 0.576. The zero-order valence-corrected chi connectivity index (χ0v) is 18.7. The Morgan fingerprint density at radius 3 is 1.84 bits per heavy atom. The van der Waals surface area contributed by atoms with Crippen LogP contribution in [-0.4, -0.2) is 0 Å². The number of benzene rings is 5. The van der Waals surface area contributed by atoms with E-state index >= 15 is 0 Å². The summed E-state index contributed by atoms with van der Waals surface area (Å²) in [5.74, 6) is 0. The lowest BCUT2D eigenvalue weighted by Crippen LogP contribution is -1.98. The molecule has 0 spiro atoms. The van der Waals surface area contributed by atoms with Gasteiger partial charge in [0.1, 0.15) is 0 Å². The smallest absolute Gasteiger partial charge is 0.0359 e. The van der Waals surface area contributed by atoms with Gasteiger partial charge >= 0.3 is 0 Å². The lowest BCUT2D eigenvalue weighted by atomic mass is 9.87. The molecule has 0 bridgehead atoms. The summed E-state index contributed by atoms with van der Waals surface area (Å²) >= 11 is 0. The summed E-state index contributed by atoms with van der Waals surface area (Å²) in [6.45, 7) is 2.28. The molecule has 5 rings (SSSR count). The molecule has 158 valence electrons. The van der Waals surface area contributed by atoms with Crippen LogP contribution in [0.1, 0.15) is 63.9 Å². The Labute approximate surface area is 185 Å². The third-order valence-corrected chi connectivity index (χ3v) is 7.07. The van der Waals surface area contributed by atoms with Crippen LogP contribution in [0.15, 0.2) is 60.7 Å². The maximum atomic E-state index is 6.68. The van der Waals surface area contributed by atoms with Crippen LogP contribution in [-0.2, 0) is 6.42 Å². The van der Waals surface area contributed by atoms with Crippen LogP contribution in [0, 0.1) is 0 Å². The molecule has 0 aliphatic rings. The molecule has 0 radical (unpaired) electrons. The number of nitrogens with two attached hydrogens (primary N) is 1. The number of fused-ring (bicyclic) bond motifs is 2. The average molecular weight is 408 g/mol. The van der Waals surface area contributed by atoms with Crippen molar-refractivity contribution in [3.05, 3.63) is 66.2 Å². The molecule has 0 atom stereocenters. The summed E-state index contributed by atoms with van der Waals surface area (Å²) in [6, 6.07) is 22.4. The van der Waals surface area contributed by atoms with Crippen molar-refractivity contribution in [3.63, 3.8) is 0 Å². The van der Waals surface area contributed by atoms with Gasteiger partial charge in [0.15, 0.2) is 0 Å². The van der Waals surface area contributed by atoms with Crippen molar-refractivity contribution in [1.29, 1.82) is 0 Å². The number of anilines is 1. The van der Waals surface area contributed by atoms with Gasteiger partial charge in [0.25, 0.3) is 0 Å². The summed E-state index contributed by atoms with van der Waals surface area (Å²) < 4.78 is 0. The molecule has 31 heavy (non-hydrogen) atoms. The molecule has 0 aliphatic carbocycles. The SMILES string of the molecule is CCCCCCCCCCc1c(N)cc2c3cccc4cccc(c5cccc1c52)c43. The van der Waals surface area contributed by atoms with Crippen LogP contribution < -0.4 is 5.73 Å². The van der Waals surface area contributed by atoms with Crippen molar-refractivity contribution in [2.75, 3.05) is 5.73 Å². The van der Waals surface area contributed by atoms with E-state index in [9.17, 15) is 0 Å². The van der Waals surface area contributed by atoms with Gasteiger partial charge in [0.2, 0.25) is 0 Å². The zero-order valence-electron chi connectivity index (χ0n) is 18.7. The molecule has 0 fully saturated rings. The van der Waals surface area contributed by atoms with Gasteiger partial charge in [-0.1, -0.05) is 106 Å². The number of hydrogen-bond acceptors (Lipinski definition) is 1. The largest absolute Gasteiger partial charge is 0.398 e. The Bertz CT molecular complexity index is 1330. The van der Waals surface area contributed by atoms with Gasteiger partial charge in [-0.25, -0.2) is 0 Å². The van der Waals surface area contributed by atoms with E-state index in [1.54, 1.807) is 0 Å². The normalized spacial score (nSPS) is 12.0. The molecule has 0 aromatic heterocycles. The Hall–Kier alpha value is -2.80. The minimum absolute atomic E-state index is 0.957. The van der Waals surface area contributed by atoms with Crippen molar-refractivity contribution in [1.82, 2.24) is 0 Å². The third kappa shape index (κ3) is 3.61. The number of aryl methyl sites for hydroxylation is 1. The highest BCUT2D eigenvalue weighted by Gasteiger charge is 2.16. The van der Waals surface area contributed by atoms with Crippen molar-refractivity contribution >= 4 is 48.8 Å². The van der Waals surface area contributed by atoms with Gasteiger partial charge in [-0.05, 0) is 67.6 Å². The minimum Gasteiger partial charge on any atom is -0.398 e. The molecule has 5 aromatic rings. The second-order valence-corrected chi connectivity index (χ2v) is 9.15. The molecule has 0 saturated carbocycles. The molecule has 5 aromatic carbocycles. The van der Waals surface area contributed by atoms with E-state index in [1.165, 1.54) is 100 Å². The number of hydrogen-bond donors (Lipinski definition) is 1. The fourth-order valence-corrected chi connectivity index (χ4v) is 5.51. The summed E-state index contributed by atoms with van der Waals surface area (Å²) in [6.07, 6.45) is 11.8. The molecule has 2 N–H and O–H groups in total. The van der Waals surface area contributed by atoms with Crippen LogP contribution >= 0.6 is 0 Å². The van der Waals surface area contributed by atoms with Crippen LogP contribution in [0.4, 0.5) is 5.69 Å². The van der Waals surface area contributed by atoms with Crippen LogP contribution in [0.5, 0.6) is 0 Å². The van der Waals surface area contributed by atoms with E-state index in [-0.39, 0.29) is 0 Å². The monoisotopic (exact) mass is 407 g/mol. The number of rotatable bonds is 9. The highest BCUT2D eigenvalue weighted by Crippen LogP contribution is 2.42. The van der Waals surface area contributed by atoms with Crippen molar-refractivity contribution in [3.8, 4) is 0 Å². The maximum Gasteiger partial charge on any atom is 0.0359 e. The topological polar surface area (TPSA) is 26.0 Å². The fourth-order valence-electron chi connectivity index (χ4n) is 5.51. The molecule has 0 aliphatic heterocycles. The van der Waals surface area contributed by atoms with Crippen LogP contribution in [0.2, 0.25) is 0 Å². The summed E-state index contributed by atoms with van der Waals surface area (Å²) in [5.41, 5.74) is 8.98. The summed E-state index contributed by atoms with van der Waals surface area (Å²) in [5, 5.41) is 10.7. The molecule has 0 heterocycles. The standard InChI is InChI=1S/C30H33N/c1-2-3-4-5-6-7-8-9-15-22-23-18-12-19-25-24-16-10-13-21-14-11-17-26(29(21)24)27(30(23)25)20-28(22)31/h10-14,16-20H,2-9,15,31H2,1H3. The van der Waals surface area contributed by atoms with Crippen molar-refractivity contribution in [2.24, 2.45) is 0 Å². The fraction of sp³-hybridized carbons (Fsp3) is 0.333. The first-order valence-corrected chi connectivity index (χ1v) is 12.2. The molecule has 0 saturated heterocycles. The van der Waals surface area contributed by atoms with E-state index in [0.29, 0.717) is 0 Å². The quantitative estimate of drug-likeness (QED) is 0.112. The molecular weight excluding hydrogens is 374 g/mol. The number of nitrogen functional groups attached to an aromatic ring is 1. The minimum atomic E-state index is 0.957. The second kappa shape index (κ2) is 8.75. The van der Waals surface area contributed by atoms with Gasteiger partial charge in [0, 0.05) is 5.69 Å². The molecule has 0 unspecified atom stereocenters. The van der Waals surface area contributed by atoms with Gasteiger partial charge in [-0.2, -0.15) is 0 Å². The van der Waals surface area contributed by atoms with Gasteiger partial charge in [0.05, 0.1) is 0 Å². The molecular formula is C30H33N. The van der Waals surface area contributed by atoms with Gasteiger partial charge in [-0.15, -0.1) is 0 Å². The Morgan fingerprint density at radius 1 is 0.581 bits per heavy atom. The van der Waals surface area contributed by atoms with Gasteiger partial charge < -0.3 is 5.73 Å². The van der Waals surface area contributed by atoms with Crippen molar-refractivity contribution < 1.29 is 0 Å². The van der Waals surface area contributed by atoms with Crippen LogP contribution in [0.3, 0.4) is 0 Å². The molecule has 1 heteroatoms. The van der Waals surface area contributed by atoms with Crippen LogP contribution in [0.25, 0.3) is 43.1 Å². The third-order valence-electron chi connectivity index (χ3n) is 7.07. The zero-order chi connectivity index (χ0) is 21.2. The highest BCUT2D eigenvalue weighted by molar-refractivity contribution is 6.33. The summed E-state index contributed by atoms with van der Waals surface area (Å²) in [7, 11) is 0. The lowest BCUT2D eigenvalue weighted by Gasteiger charge is -2.18. The number of unbranched alkanes of at least 4 members (excludes halogenated alkanes) is 7. The van der Waals surface area contributed by atoms with Gasteiger partial charge in [-0.3, -0.25) is 0 Å². The first kappa shape index (κ1) is 20.1. The first-order valence-electron chi connectivity index (χ1n) is 12.2. The molecule has 0 amide bonds. The molecule has 1 nitrogen and oxygen atoms in total. The Morgan fingerprint density at radius 2 is 1.13 bits per heavy atom. The second-order valence-electron chi connectivity index (χ2n) is 9.15. The first-order chi connectivity index (χ1) is 15.3. The Balaban J connectivity index is 1.51. The maximum absolute atomic E-state index is 6.68. The van der Waals surface area contributed by atoms with E-state index in [0.717, 1.165) is 12.1 Å².